The van der Waals surface area contributed by atoms with Crippen molar-refractivity contribution >= 4 is 0 Å². The molecule has 0 amide bonds. The Hall–Kier alpha value is -0.0800. The summed E-state index contributed by atoms with van der Waals surface area (Å²) in [6.07, 6.45) is 8.50. The Labute approximate surface area is 107 Å². The first-order valence-corrected chi connectivity index (χ1v) is 7.50. The molecule has 0 aromatic rings. The van der Waals surface area contributed by atoms with Crippen LogP contribution in [0.1, 0.15) is 52.4 Å². The average Bonchev–Trinajstić information content (AvgIpc) is 3.14. The molecule has 0 saturated heterocycles. The van der Waals surface area contributed by atoms with Crippen LogP contribution < -0.4 is 0 Å². The van der Waals surface area contributed by atoms with Gasteiger partial charge >= 0.3 is 0 Å². The Kier molecular flexibility index (Phi) is 4.48. The van der Waals surface area contributed by atoms with E-state index in [2.05, 4.69) is 37.7 Å². The summed E-state index contributed by atoms with van der Waals surface area (Å²) in [5.74, 6) is 1.02. The van der Waals surface area contributed by atoms with Gasteiger partial charge in [-0.25, -0.2) is 0 Å². The number of hydrogen-bond acceptors (Lipinski definition) is 2. The van der Waals surface area contributed by atoms with Crippen molar-refractivity contribution in [1.29, 1.82) is 0 Å². The number of nitrogens with zero attached hydrogens (tertiary/aromatic N) is 2. The predicted octanol–water partition coefficient (Wildman–Crippen LogP) is 2.98. The van der Waals surface area contributed by atoms with Gasteiger partial charge in [0, 0.05) is 24.7 Å². The molecule has 0 N–H and O–H groups in total. The van der Waals surface area contributed by atoms with Gasteiger partial charge in [-0.05, 0) is 72.4 Å². The Morgan fingerprint density at radius 1 is 0.941 bits per heavy atom. The topological polar surface area (TPSA) is 6.48 Å². The molecule has 17 heavy (non-hydrogen) atoms. The molecule has 2 atom stereocenters. The van der Waals surface area contributed by atoms with E-state index in [1.165, 1.54) is 45.1 Å². The van der Waals surface area contributed by atoms with E-state index in [0.717, 1.165) is 24.0 Å². The van der Waals surface area contributed by atoms with Gasteiger partial charge < -0.3 is 9.80 Å². The van der Waals surface area contributed by atoms with Crippen LogP contribution >= 0.6 is 0 Å². The van der Waals surface area contributed by atoms with Crippen molar-refractivity contribution < 1.29 is 0 Å². The van der Waals surface area contributed by atoms with E-state index >= 15 is 0 Å². The van der Waals surface area contributed by atoms with Crippen molar-refractivity contribution in [2.75, 3.05) is 20.6 Å². The highest BCUT2D eigenvalue weighted by atomic mass is 15.2. The minimum absolute atomic E-state index is 0.755. The fourth-order valence-corrected chi connectivity index (χ4v) is 2.64. The molecule has 2 unspecified atom stereocenters. The molecule has 2 fully saturated rings. The molecule has 0 radical (unpaired) electrons. The molecule has 0 spiro atoms. The predicted molar refractivity (Wildman–Crippen MR) is 74.3 cm³/mol. The highest BCUT2D eigenvalue weighted by Gasteiger charge is 2.29. The summed E-state index contributed by atoms with van der Waals surface area (Å²) in [6, 6.07) is 2.43. The summed E-state index contributed by atoms with van der Waals surface area (Å²) in [6.45, 7) is 6.12. The van der Waals surface area contributed by atoms with Crippen LogP contribution in [0.3, 0.4) is 0 Å². The van der Waals surface area contributed by atoms with Gasteiger partial charge in [0.05, 0.1) is 0 Å². The largest absolute Gasteiger partial charge is 0.303 e. The SMILES string of the molecule is CC(CCC(C)N(C)C1CC1)N(C)CC1CC1. The third kappa shape index (κ3) is 4.26. The van der Waals surface area contributed by atoms with E-state index in [1.807, 2.05) is 0 Å². The second-order valence-corrected chi connectivity index (χ2v) is 6.55. The van der Waals surface area contributed by atoms with Gasteiger partial charge in [0.1, 0.15) is 0 Å². The van der Waals surface area contributed by atoms with Gasteiger partial charge in [-0.15, -0.1) is 0 Å². The minimum atomic E-state index is 0.755. The molecule has 0 aromatic heterocycles. The maximum absolute atomic E-state index is 2.59. The molecular weight excluding hydrogens is 208 g/mol. The van der Waals surface area contributed by atoms with Crippen LogP contribution in [0.25, 0.3) is 0 Å². The summed E-state index contributed by atoms with van der Waals surface area (Å²) in [4.78, 5) is 5.16. The van der Waals surface area contributed by atoms with Crippen LogP contribution in [0.15, 0.2) is 0 Å². The molecule has 0 heterocycles. The Morgan fingerprint density at radius 2 is 1.53 bits per heavy atom. The zero-order chi connectivity index (χ0) is 12.4. The van der Waals surface area contributed by atoms with Gasteiger partial charge in [0.2, 0.25) is 0 Å². The lowest BCUT2D eigenvalue weighted by Crippen LogP contribution is -2.35. The Morgan fingerprint density at radius 3 is 2.06 bits per heavy atom. The molecule has 100 valence electrons. The average molecular weight is 238 g/mol. The van der Waals surface area contributed by atoms with Crippen molar-refractivity contribution in [3.8, 4) is 0 Å². The molecular formula is C15H30N2. The summed E-state index contributed by atoms with van der Waals surface area (Å²) >= 11 is 0. The maximum atomic E-state index is 2.59. The number of hydrogen-bond donors (Lipinski definition) is 0. The maximum Gasteiger partial charge on any atom is 0.00961 e. The first kappa shape index (κ1) is 13.4. The van der Waals surface area contributed by atoms with E-state index < -0.39 is 0 Å². The van der Waals surface area contributed by atoms with Gasteiger partial charge in [-0.3, -0.25) is 0 Å². The zero-order valence-corrected chi connectivity index (χ0v) is 12.2. The standard InChI is InChI=1S/C15H30N2/c1-12(16(3)11-14-7-8-14)5-6-13(2)17(4)15-9-10-15/h12-15H,5-11H2,1-4H3. The van der Waals surface area contributed by atoms with E-state index in [1.54, 1.807) is 0 Å². The lowest BCUT2D eigenvalue weighted by molar-refractivity contribution is 0.192. The van der Waals surface area contributed by atoms with Crippen LogP contribution in [0.4, 0.5) is 0 Å². The van der Waals surface area contributed by atoms with Crippen molar-refractivity contribution in [3.05, 3.63) is 0 Å². The smallest absolute Gasteiger partial charge is 0.00961 e. The molecule has 2 aliphatic rings. The molecule has 0 bridgehead atoms. The third-order valence-corrected chi connectivity index (χ3v) is 4.82. The van der Waals surface area contributed by atoms with E-state index in [0.29, 0.717) is 0 Å². The molecule has 2 heteroatoms. The van der Waals surface area contributed by atoms with Gasteiger partial charge in [0.15, 0.2) is 0 Å². The van der Waals surface area contributed by atoms with E-state index in [9.17, 15) is 0 Å². The van der Waals surface area contributed by atoms with Gasteiger partial charge in [-0.2, -0.15) is 0 Å². The lowest BCUT2D eigenvalue weighted by atomic mass is 10.1. The first-order chi connectivity index (χ1) is 8.08. The second kappa shape index (κ2) is 5.71. The summed E-state index contributed by atoms with van der Waals surface area (Å²) in [5.41, 5.74) is 0. The fourth-order valence-electron chi connectivity index (χ4n) is 2.64. The molecule has 2 saturated carbocycles. The van der Waals surface area contributed by atoms with Gasteiger partial charge in [-0.1, -0.05) is 0 Å². The highest BCUT2D eigenvalue weighted by molar-refractivity contribution is 4.85. The summed E-state index contributed by atoms with van der Waals surface area (Å²) in [7, 11) is 4.61. The normalized spacial score (nSPS) is 24.4. The Balaban J connectivity index is 1.61. The first-order valence-electron chi connectivity index (χ1n) is 7.50. The van der Waals surface area contributed by atoms with Crippen LogP contribution in [-0.2, 0) is 0 Å². The fraction of sp³-hybridized carbons (Fsp3) is 1.00. The van der Waals surface area contributed by atoms with Gasteiger partial charge in [0.25, 0.3) is 0 Å². The highest BCUT2D eigenvalue weighted by Crippen LogP contribution is 2.31. The third-order valence-electron chi connectivity index (χ3n) is 4.82. The summed E-state index contributed by atoms with van der Waals surface area (Å²) < 4.78 is 0. The summed E-state index contributed by atoms with van der Waals surface area (Å²) in [5, 5.41) is 0. The molecule has 2 aliphatic carbocycles. The number of rotatable bonds is 8. The quantitative estimate of drug-likeness (QED) is 0.641. The van der Waals surface area contributed by atoms with Crippen LogP contribution in [0.2, 0.25) is 0 Å². The minimum Gasteiger partial charge on any atom is -0.303 e. The van der Waals surface area contributed by atoms with Crippen molar-refractivity contribution in [2.24, 2.45) is 5.92 Å². The molecule has 0 aromatic carbocycles. The monoisotopic (exact) mass is 238 g/mol. The van der Waals surface area contributed by atoms with E-state index in [4.69, 9.17) is 0 Å². The van der Waals surface area contributed by atoms with Crippen LogP contribution in [-0.4, -0.2) is 48.6 Å². The molecule has 0 aliphatic heterocycles. The molecule has 2 rings (SSSR count). The van der Waals surface area contributed by atoms with Crippen molar-refractivity contribution in [2.45, 2.75) is 70.5 Å². The van der Waals surface area contributed by atoms with Crippen molar-refractivity contribution in [1.82, 2.24) is 9.80 Å². The zero-order valence-electron chi connectivity index (χ0n) is 12.2. The van der Waals surface area contributed by atoms with Crippen LogP contribution in [0.5, 0.6) is 0 Å². The van der Waals surface area contributed by atoms with Crippen molar-refractivity contribution in [3.63, 3.8) is 0 Å². The lowest BCUT2D eigenvalue weighted by Gasteiger charge is -2.29. The molecule has 2 nitrogen and oxygen atoms in total. The Bertz CT molecular complexity index is 233. The van der Waals surface area contributed by atoms with E-state index in [-0.39, 0.29) is 0 Å². The van der Waals surface area contributed by atoms with Crippen LogP contribution in [0, 0.1) is 5.92 Å². The second-order valence-electron chi connectivity index (χ2n) is 6.55.